The molecule has 1 nitrogen and oxygen atoms in total. The van der Waals surface area contributed by atoms with Gasteiger partial charge < -0.3 is 5.73 Å². The van der Waals surface area contributed by atoms with E-state index >= 15 is 0 Å². The van der Waals surface area contributed by atoms with E-state index in [9.17, 15) is 0 Å². The highest BCUT2D eigenvalue weighted by Crippen LogP contribution is 2.26. The van der Waals surface area contributed by atoms with Crippen molar-refractivity contribution in [1.82, 2.24) is 0 Å². The molecule has 0 fully saturated rings. The summed E-state index contributed by atoms with van der Waals surface area (Å²) in [5, 5.41) is 5.00. The van der Waals surface area contributed by atoms with E-state index in [-0.39, 0.29) is 0 Å². The summed E-state index contributed by atoms with van der Waals surface area (Å²) in [7, 11) is 0. The van der Waals surface area contributed by atoms with Crippen molar-refractivity contribution in [1.29, 1.82) is 0 Å². The van der Waals surface area contributed by atoms with Gasteiger partial charge in [-0.25, -0.2) is 0 Å². The number of hydrogen-bond acceptors (Lipinski definition) is 1. The molecule has 3 rings (SSSR count). The maximum absolute atomic E-state index is 5.93. The van der Waals surface area contributed by atoms with Crippen molar-refractivity contribution in [2.45, 2.75) is 6.92 Å². The fraction of sp³-hybridized carbons (Fsp3) is 0.0667. The van der Waals surface area contributed by atoms with Crippen LogP contribution in [-0.4, -0.2) is 0 Å². The van der Waals surface area contributed by atoms with Crippen molar-refractivity contribution in [3.8, 4) is 0 Å². The zero-order chi connectivity index (χ0) is 11.1. The quantitative estimate of drug-likeness (QED) is 0.439. The summed E-state index contributed by atoms with van der Waals surface area (Å²) < 4.78 is 0. The highest BCUT2D eigenvalue weighted by atomic mass is 14.5. The van der Waals surface area contributed by atoms with E-state index in [0.29, 0.717) is 0 Å². The Balaban J connectivity index is 2.46. The van der Waals surface area contributed by atoms with Gasteiger partial charge in [-0.2, -0.15) is 0 Å². The van der Waals surface area contributed by atoms with E-state index in [1.165, 1.54) is 21.5 Å². The number of aryl methyl sites for hydroxylation is 1. The molecule has 3 aromatic carbocycles. The van der Waals surface area contributed by atoms with Crippen molar-refractivity contribution in [2.24, 2.45) is 0 Å². The second-order valence-electron chi connectivity index (χ2n) is 4.26. The molecular weight excluding hydrogens is 194 g/mol. The summed E-state index contributed by atoms with van der Waals surface area (Å²) >= 11 is 0. The predicted molar refractivity (Wildman–Crippen MR) is 70.6 cm³/mol. The van der Waals surface area contributed by atoms with Crippen LogP contribution < -0.4 is 5.73 Å². The Bertz CT molecular complexity index is 623. The molecular formula is C15H13N. The molecule has 0 unspecified atom stereocenters. The summed E-state index contributed by atoms with van der Waals surface area (Å²) in [6.45, 7) is 2.05. The molecule has 78 valence electrons. The summed E-state index contributed by atoms with van der Waals surface area (Å²) in [6.07, 6.45) is 0. The second-order valence-corrected chi connectivity index (χ2v) is 4.26. The lowest BCUT2D eigenvalue weighted by Gasteiger charge is -2.05. The van der Waals surface area contributed by atoms with Crippen LogP contribution in [0.2, 0.25) is 0 Å². The molecule has 3 aromatic rings. The zero-order valence-electron chi connectivity index (χ0n) is 9.20. The number of hydrogen-bond donors (Lipinski definition) is 1. The van der Waals surface area contributed by atoms with Crippen molar-refractivity contribution in [3.05, 3.63) is 54.1 Å². The van der Waals surface area contributed by atoms with Crippen LogP contribution in [0.3, 0.4) is 0 Å². The molecule has 16 heavy (non-hydrogen) atoms. The Labute approximate surface area is 94.5 Å². The first-order valence-corrected chi connectivity index (χ1v) is 5.43. The number of nitrogens with two attached hydrogens (primary N) is 1. The topological polar surface area (TPSA) is 26.0 Å². The normalized spacial score (nSPS) is 11.1. The lowest BCUT2D eigenvalue weighted by molar-refractivity contribution is 1.50. The predicted octanol–water partition coefficient (Wildman–Crippen LogP) is 3.88. The molecule has 0 saturated heterocycles. The van der Waals surface area contributed by atoms with Crippen LogP contribution in [0.4, 0.5) is 5.69 Å². The summed E-state index contributed by atoms with van der Waals surface area (Å²) in [5.41, 5.74) is 7.94. The molecule has 0 aromatic heterocycles. The molecule has 0 aliphatic heterocycles. The highest BCUT2D eigenvalue weighted by molar-refractivity contribution is 5.99. The lowest BCUT2D eigenvalue weighted by Crippen LogP contribution is -1.89. The SMILES string of the molecule is Cc1cc2cc3ccccc3cc2cc1N. The van der Waals surface area contributed by atoms with Crippen LogP contribution in [0.15, 0.2) is 48.5 Å². The van der Waals surface area contributed by atoms with Crippen molar-refractivity contribution >= 4 is 27.2 Å². The van der Waals surface area contributed by atoms with Gasteiger partial charge in [-0.05, 0) is 58.3 Å². The van der Waals surface area contributed by atoms with Gasteiger partial charge in [0.1, 0.15) is 0 Å². The third-order valence-electron chi connectivity index (χ3n) is 3.09. The van der Waals surface area contributed by atoms with E-state index in [1.54, 1.807) is 0 Å². The van der Waals surface area contributed by atoms with Gasteiger partial charge in [0.15, 0.2) is 0 Å². The molecule has 0 spiro atoms. The molecule has 1 heteroatoms. The Morgan fingerprint density at radius 3 is 1.94 bits per heavy atom. The maximum atomic E-state index is 5.93. The largest absolute Gasteiger partial charge is 0.398 e. The zero-order valence-corrected chi connectivity index (χ0v) is 9.20. The molecule has 0 atom stereocenters. The molecule has 0 bridgehead atoms. The number of rotatable bonds is 0. The van der Waals surface area contributed by atoms with Gasteiger partial charge in [0.25, 0.3) is 0 Å². The van der Waals surface area contributed by atoms with Gasteiger partial charge in [0, 0.05) is 5.69 Å². The van der Waals surface area contributed by atoms with Crippen molar-refractivity contribution < 1.29 is 0 Å². The average Bonchev–Trinajstić information content (AvgIpc) is 2.28. The fourth-order valence-electron chi connectivity index (χ4n) is 2.12. The monoisotopic (exact) mass is 207 g/mol. The third-order valence-corrected chi connectivity index (χ3v) is 3.09. The molecule has 0 aliphatic rings. The lowest BCUT2D eigenvalue weighted by atomic mass is 10.0. The first kappa shape index (κ1) is 9.22. The minimum Gasteiger partial charge on any atom is -0.398 e. The number of benzene rings is 3. The molecule has 0 radical (unpaired) electrons. The van der Waals surface area contributed by atoms with E-state index in [2.05, 4.69) is 48.5 Å². The number of nitrogen functional groups attached to an aromatic ring is 1. The molecule has 0 amide bonds. The molecule has 0 heterocycles. The summed E-state index contributed by atoms with van der Waals surface area (Å²) in [4.78, 5) is 0. The fourth-order valence-corrected chi connectivity index (χ4v) is 2.12. The number of fused-ring (bicyclic) bond motifs is 2. The van der Waals surface area contributed by atoms with Gasteiger partial charge in [-0.15, -0.1) is 0 Å². The Hall–Kier alpha value is -2.02. The Morgan fingerprint density at radius 1 is 0.750 bits per heavy atom. The van der Waals surface area contributed by atoms with Crippen LogP contribution >= 0.6 is 0 Å². The summed E-state index contributed by atoms with van der Waals surface area (Å²) in [6, 6.07) is 17.0. The van der Waals surface area contributed by atoms with Crippen LogP contribution in [0.5, 0.6) is 0 Å². The second kappa shape index (κ2) is 3.24. The Kier molecular flexibility index (Phi) is 1.87. The van der Waals surface area contributed by atoms with Crippen molar-refractivity contribution in [2.75, 3.05) is 5.73 Å². The van der Waals surface area contributed by atoms with E-state index in [0.717, 1.165) is 11.3 Å². The van der Waals surface area contributed by atoms with E-state index in [4.69, 9.17) is 5.73 Å². The van der Waals surface area contributed by atoms with E-state index in [1.807, 2.05) is 6.92 Å². The van der Waals surface area contributed by atoms with Crippen LogP contribution in [0.1, 0.15) is 5.56 Å². The van der Waals surface area contributed by atoms with Gasteiger partial charge in [-0.3, -0.25) is 0 Å². The van der Waals surface area contributed by atoms with E-state index < -0.39 is 0 Å². The van der Waals surface area contributed by atoms with Gasteiger partial charge in [-0.1, -0.05) is 24.3 Å². The first-order valence-electron chi connectivity index (χ1n) is 5.43. The van der Waals surface area contributed by atoms with Gasteiger partial charge in [0.2, 0.25) is 0 Å². The van der Waals surface area contributed by atoms with Crippen molar-refractivity contribution in [3.63, 3.8) is 0 Å². The third kappa shape index (κ3) is 1.33. The summed E-state index contributed by atoms with van der Waals surface area (Å²) in [5.74, 6) is 0. The van der Waals surface area contributed by atoms with Crippen LogP contribution in [0.25, 0.3) is 21.5 Å². The maximum Gasteiger partial charge on any atom is 0.0350 e. The smallest absolute Gasteiger partial charge is 0.0350 e. The minimum absolute atomic E-state index is 0.864. The molecule has 2 N–H and O–H groups in total. The van der Waals surface area contributed by atoms with Gasteiger partial charge >= 0.3 is 0 Å². The van der Waals surface area contributed by atoms with Crippen LogP contribution in [0, 0.1) is 6.92 Å². The van der Waals surface area contributed by atoms with Crippen LogP contribution in [-0.2, 0) is 0 Å². The average molecular weight is 207 g/mol. The minimum atomic E-state index is 0.864. The highest BCUT2D eigenvalue weighted by Gasteiger charge is 2.00. The molecule has 0 saturated carbocycles. The standard InChI is InChI=1S/C15H13N/c1-10-6-13-7-11-4-2-3-5-12(11)8-14(13)9-15(10)16/h2-9H,16H2,1H3. The van der Waals surface area contributed by atoms with Gasteiger partial charge in [0.05, 0.1) is 0 Å². The molecule has 0 aliphatic carbocycles. The Morgan fingerprint density at radius 2 is 1.31 bits per heavy atom. The number of anilines is 1. The first-order chi connectivity index (χ1) is 7.74.